The Kier molecular flexibility index (Phi) is 8.28. The second kappa shape index (κ2) is 11.4. The van der Waals surface area contributed by atoms with Crippen LogP contribution in [0.3, 0.4) is 0 Å². The van der Waals surface area contributed by atoms with Gasteiger partial charge in [0.2, 0.25) is 5.91 Å². The van der Waals surface area contributed by atoms with Crippen LogP contribution in [0, 0.1) is 12.7 Å². The lowest BCUT2D eigenvalue weighted by Gasteiger charge is -2.39. The molecule has 1 unspecified atom stereocenters. The Morgan fingerprint density at radius 3 is 2.67 bits per heavy atom. The fourth-order valence-corrected chi connectivity index (χ4v) is 5.69. The molecule has 2 amide bonds. The second-order valence-electron chi connectivity index (χ2n) is 9.95. The summed E-state index contributed by atoms with van der Waals surface area (Å²) in [4.78, 5) is 33.2. The summed E-state index contributed by atoms with van der Waals surface area (Å²) < 4.78 is 21.4. The minimum absolute atomic E-state index is 0.118. The number of benzene rings is 1. The van der Waals surface area contributed by atoms with Crippen LogP contribution in [0.4, 0.5) is 9.18 Å². The number of piperidine rings is 1. The van der Waals surface area contributed by atoms with Crippen LogP contribution in [-0.2, 0) is 22.5 Å². The molecule has 9 heteroatoms. The van der Waals surface area contributed by atoms with E-state index < -0.39 is 0 Å². The SMILES string of the molecule is CCOC(=O)N1CCc2nc(C)n(C3CCN(C(C)C[C@H](NC(C)=O)c4cccc(F)c4)CC3)c2C1. The third kappa shape index (κ3) is 5.88. The summed E-state index contributed by atoms with van der Waals surface area (Å²) in [6.07, 6.45) is 3.17. The molecular formula is C27H38FN5O3. The van der Waals surface area contributed by atoms with Crippen LogP contribution >= 0.6 is 0 Å². The van der Waals surface area contributed by atoms with Crippen LogP contribution in [0.2, 0.25) is 0 Å². The number of aromatic nitrogens is 2. The van der Waals surface area contributed by atoms with Crippen molar-refractivity contribution in [1.82, 2.24) is 24.7 Å². The smallest absolute Gasteiger partial charge is 0.410 e. The molecule has 1 aromatic heterocycles. The highest BCUT2D eigenvalue weighted by Crippen LogP contribution is 2.32. The summed E-state index contributed by atoms with van der Waals surface area (Å²) >= 11 is 0. The number of amides is 2. The second-order valence-corrected chi connectivity index (χ2v) is 9.95. The number of carbonyl (C=O) groups excluding carboxylic acids is 2. The summed E-state index contributed by atoms with van der Waals surface area (Å²) in [5.74, 6) is 0.596. The Hall–Kier alpha value is -2.94. The number of fused-ring (bicyclic) bond motifs is 1. The van der Waals surface area contributed by atoms with Crippen molar-refractivity contribution in [1.29, 1.82) is 0 Å². The molecule has 3 heterocycles. The van der Waals surface area contributed by atoms with Gasteiger partial charge in [-0.05, 0) is 57.7 Å². The molecule has 1 fully saturated rings. The summed E-state index contributed by atoms with van der Waals surface area (Å²) in [5.41, 5.74) is 3.02. The molecule has 2 aromatic rings. The summed E-state index contributed by atoms with van der Waals surface area (Å²) in [6.45, 7) is 11.0. The first kappa shape index (κ1) is 26.1. The largest absolute Gasteiger partial charge is 0.450 e. The van der Waals surface area contributed by atoms with Crippen LogP contribution in [-0.4, -0.2) is 63.6 Å². The topological polar surface area (TPSA) is 79.7 Å². The molecule has 36 heavy (non-hydrogen) atoms. The van der Waals surface area contributed by atoms with E-state index in [0.29, 0.717) is 32.2 Å². The third-order valence-corrected chi connectivity index (χ3v) is 7.45. The lowest BCUT2D eigenvalue weighted by molar-refractivity contribution is -0.119. The van der Waals surface area contributed by atoms with Crippen LogP contribution in [0.1, 0.15) is 74.9 Å². The number of hydrogen-bond acceptors (Lipinski definition) is 5. The molecule has 2 aliphatic rings. The first-order chi connectivity index (χ1) is 17.3. The minimum Gasteiger partial charge on any atom is -0.450 e. The van der Waals surface area contributed by atoms with E-state index in [-0.39, 0.29) is 29.9 Å². The van der Waals surface area contributed by atoms with Crippen molar-refractivity contribution in [3.8, 4) is 0 Å². The monoisotopic (exact) mass is 499 g/mol. The van der Waals surface area contributed by atoms with E-state index >= 15 is 0 Å². The van der Waals surface area contributed by atoms with Crippen LogP contribution < -0.4 is 5.32 Å². The fourth-order valence-electron chi connectivity index (χ4n) is 5.69. The average Bonchev–Trinajstić information content (AvgIpc) is 3.18. The number of imidazole rings is 1. The number of nitrogens with one attached hydrogen (secondary N) is 1. The molecule has 0 aliphatic carbocycles. The van der Waals surface area contributed by atoms with Crippen molar-refractivity contribution in [3.05, 3.63) is 52.9 Å². The zero-order valence-corrected chi connectivity index (χ0v) is 21.8. The Bertz CT molecular complexity index is 1080. The molecule has 1 saturated heterocycles. The Morgan fingerprint density at radius 2 is 2.00 bits per heavy atom. The zero-order chi connectivity index (χ0) is 25.8. The van der Waals surface area contributed by atoms with Gasteiger partial charge in [-0.2, -0.15) is 0 Å². The summed E-state index contributed by atoms with van der Waals surface area (Å²) in [5, 5.41) is 3.00. The fraction of sp³-hybridized carbons (Fsp3) is 0.593. The number of ether oxygens (including phenoxy) is 1. The molecule has 2 atom stereocenters. The van der Waals surface area contributed by atoms with Crippen molar-refractivity contribution in [3.63, 3.8) is 0 Å². The molecule has 0 radical (unpaired) electrons. The average molecular weight is 500 g/mol. The van der Waals surface area contributed by atoms with Crippen molar-refractivity contribution in [2.45, 2.75) is 78.0 Å². The van der Waals surface area contributed by atoms with Gasteiger partial charge in [-0.1, -0.05) is 12.1 Å². The maximum Gasteiger partial charge on any atom is 0.410 e. The van der Waals surface area contributed by atoms with Crippen LogP contribution in [0.5, 0.6) is 0 Å². The predicted octanol–water partition coefficient (Wildman–Crippen LogP) is 4.14. The number of likely N-dealkylation sites (tertiary alicyclic amines) is 1. The van der Waals surface area contributed by atoms with Crippen molar-refractivity contribution >= 4 is 12.0 Å². The van der Waals surface area contributed by atoms with E-state index in [9.17, 15) is 14.0 Å². The minimum atomic E-state index is -0.295. The number of hydrogen-bond donors (Lipinski definition) is 1. The van der Waals surface area contributed by atoms with Gasteiger partial charge in [0.1, 0.15) is 11.6 Å². The lowest BCUT2D eigenvalue weighted by Crippen LogP contribution is -2.43. The predicted molar refractivity (Wildman–Crippen MR) is 135 cm³/mol. The maximum atomic E-state index is 13.8. The maximum absolute atomic E-state index is 13.8. The van der Waals surface area contributed by atoms with Gasteiger partial charge in [-0.15, -0.1) is 0 Å². The first-order valence-corrected chi connectivity index (χ1v) is 13.0. The highest BCUT2D eigenvalue weighted by atomic mass is 19.1. The van der Waals surface area contributed by atoms with Gasteiger partial charge in [-0.25, -0.2) is 14.2 Å². The quantitative estimate of drug-likeness (QED) is 0.620. The van der Waals surface area contributed by atoms with E-state index in [1.165, 1.54) is 19.1 Å². The molecule has 2 aliphatic heterocycles. The molecule has 1 N–H and O–H groups in total. The molecule has 4 rings (SSSR count). The Balaban J connectivity index is 1.40. The molecule has 0 bridgehead atoms. The van der Waals surface area contributed by atoms with Crippen molar-refractivity contribution in [2.24, 2.45) is 0 Å². The molecule has 196 valence electrons. The van der Waals surface area contributed by atoms with Crippen molar-refractivity contribution in [2.75, 3.05) is 26.2 Å². The van der Waals surface area contributed by atoms with Crippen LogP contribution in [0.25, 0.3) is 0 Å². The molecule has 1 aromatic carbocycles. The van der Waals surface area contributed by atoms with Crippen LogP contribution in [0.15, 0.2) is 24.3 Å². The number of rotatable bonds is 7. The van der Waals surface area contributed by atoms with Gasteiger partial charge < -0.3 is 24.4 Å². The molecular weight excluding hydrogens is 461 g/mol. The number of halogens is 1. The number of carbonyl (C=O) groups is 2. The Morgan fingerprint density at radius 1 is 1.25 bits per heavy atom. The number of nitrogens with zero attached hydrogens (tertiary/aromatic N) is 4. The van der Waals surface area contributed by atoms with Gasteiger partial charge in [0.15, 0.2) is 0 Å². The van der Waals surface area contributed by atoms with E-state index in [1.807, 2.05) is 13.0 Å². The Labute approximate surface area is 212 Å². The third-order valence-electron chi connectivity index (χ3n) is 7.45. The zero-order valence-electron chi connectivity index (χ0n) is 21.8. The van der Waals surface area contributed by atoms with E-state index in [2.05, 4.69) is 28.6 Å². The molecule has 0 spiro atoms. The van der Waals surface area contributed by atoms with E-state index in [1.54, 1.807) is 11.0 Å². The molecule has 8 nitrogen and oxygen atoms in total. The standard InChI is InChI=1S/C27H38FN5O3/c1-5-36-27(35)32-14-11-24-26(17-32)33(19(3)29-24)23-9-12-31(13-10-23)18(2)15-25(30-20(4)34)21-7-6-8-22(28)16-21/h6-8,16,18,23,25H,5,9-15,17H2,1-4H3,(H,30,34)/t18?,25-/m0/s1. The van der Waals surface area contributed by atoms with Gasteiger partial charge in [0.25, 0.3) is 0 Å². The van der Waals surface area contributed by atoms with Gasteiger partial charge in [0.05, 0.1) is 30.6 Å². The van der Waals surface area contributed by atoms with Gasteiger partial charge in [0, 0.05) is 45.1 Å². The van der Waals surface area contributed by atoms with E-state index in [0.717, 1.165) is 55.1 Å². The van der Waals surface area contributed by atoms with E-state index in [4.69, 9.17) is 9.72 Å². The van der Waals surface area contributed by atoms with Gasteiger partial charge >= 0.3 is 6.09 Å². The van der Waals surface area contributed by atoms with Gasteiger partial charge in [-0.3, -0.25) is 4.79 Å². The summed E-state index contributed by atoms with van der Waals surface area (Å²) in [6, 6.07) is 6.81. The lowest BCUT2D eigenvalue weighted by atomic mass is 9.96. The van der Waals surface area contributed by atoms with Crippen molar-refractivity contribution < 1.29 is 18.7 Å². The highest BCUT2D eigenvalue weighted by Gasteiger charge is 2.32. The number of aryl methyl sites for hydroxylation is 1. The normalized spacial score (nSPS) is 18.4. The molecule has 0 saturated carbocycles. The summed E-state index contributed by atoms with van der Waals surface area (Å²) in [7, 11) is 0. The highest BCUT2D eigenvalue weighted by molar-refractivity contribution is 5.73. The first-order valence-electron chi connectivity index (χ1n) is 13.0.